The van der Waals surface area contributed by atoms with Gasteiger partial charge in [-0.05, 0) is 72.3 Å². The SMILES string of the molecule is COc1ccc(N2C(=O)C3ON(c4ccc(Cl)cc4)C(c4cc(O)ccc4Br)C3C2=O)cc1. The number of benzene rings is 3. The molecule has 2 aliphatic heterocycles. The maximum atomic E-state index is 13.6. The van der Waals surface area contributed by atoms with E-state index in [2.05, 4.69) is 15.9 Å². The van der Waals surface area contributed by atoms with Gasteiger partial charge in [-0.1, -0.05) is 27.5 Å². The molecule has 2 amide bonds. The number of phenolic OH excluding ortho intramolecular Hbond substituents is 1. The molecule has 3 aromatic rings. The average Bonchev–Trinajstić information content (AvgIpc) is 3.32. The lowest BCUT2D eigenvalue weighted by atomic mass is 9.90. The van der Waals surface area contributed by atoms with Gasteiger partial charge < -0.3 is 9.84 Å². The van der Waals surface area contributed by atoms with E-state index in [1.807, 2.05) is 0 Å². The Hall–Kier alpha value is -3.07. The van der Waals surface area contributed by atoms with Crippen molar-refractivity contribution in [2.24, 2.45) is 5.92 Å². The summed E-state index contributed by atoms with van der Waals surface area (Å²) in [7, 11) is 1.54. The van der Waals surface area contributed by atoms with Crippen LogP contribution in [0.4, 0.5) is 11.4 Å². The highest BCUT2D eigenvalue weighted by Gasteiger charge is 2.60. The molecule has 168 valence electrons. The number of amides is 2. The van der Waals surface area contributed by atoms with Crippen LogP contribution in [0.2, 0.25) is 5.02 Å². The number of aromatic hydroxyl groups is 1. The molecule has 7 nitrogen and oxygen atoms in total. The number of anilines is 2. The van der Waals surface area contributed by atoms with Crippen molar-refractivity contribution >= 4 is 50.7 Å². The van der Waals surface area contributed by atoms with E-state index in [9.17, 15) is 14.7 Å². The van der Waals surface area contributed by atoms with Gasteiger partial charge >= 0.3 is 0 Å². The van der Waals surface area contributed by atoms with Crippen molar-refractivity contribution in [3.63, 3.8) is 0 Å². The molecule has 2 saturated heterocycles. The quantitative estimate of drug-likeness (QED) is 0.486. The van der Waals surface area contributed by atoms with Crippen molar-refractivity contribution in [1.82, 2.24) is 0 Å². The number of nitrogens with zero attached hydrogens (tertiary/aromatic N) is 2. The van der Waals surface area contributed by atoms with Crippen molar-refractivity contribution in [3.05, 3.63) is 81.8 Å². The number of carbonyl (C=O) groups is 2. The molecule has 0 saturated carbocycles. The molecule has 3 atom stereocenters. The van der Waals surface area contributed by atoms with Gasteiger partial charge in [0.2, 0.25) is 5.91 Å². The predicted octanol–water partition coefficient (Wildman–Crippen LogP) is 4.87. The average molecular weight is 530 g/mol. The fraction of sp³-hybridized carbons (Fsp3) is 0.167. The first kappa shape index (κ1) is 21.8. The Kier molecular flexibility index (Phi) is 5.52. The van der Waals surface area contributed by atoms with Crippen LogP contribution in [-0.2, 0) is 14.4 Å². The van der Waals surface area contributed by atoms with E-state index in [1.165, 1.54) is 0 Å². The van der Waals surface area contributed by atoms with E-state index < -0.39 is 24.0 Å². The summed E-state index contributed by atoms with van der Waals surface area (Å²) in [5.41, 5.74) is 1.69. The molecule has 0 aliphatic carbocycles. The lowest BCUT2D eigenvalue weighted by Crippen LogP contribution is -2.37. The van der Waals surface area contributed by atoms with Gasteiger partial charge in [0.05, 0.1) is 24.5 Å². The maximum Gasteiger partial charge on any atom is 0.266 e. The van der Waals surface area contributed by atoms with Crippen LogP contribution in [0.3, 0.4) is 0 Å². The number of halogens is 2. The first-order valence-corrected chi connectivity index (χ1v) is 11.3. The second kappa shape index (κ2) is 8.37. The van der Waals surface area contributed by atoms with Crippen LogP contribution in [-0.4, -0.2) is 30.1 Å². The molecular weight excluding hydrogens is 512 g/mol. The van der Waals surface area contributed by atoms with Crippen LogP contribution in [0, 0.1) is 5.92 Å². The molecule has 33 heavy (non-hydrogen) atoms. The number of carbonyl (C=O) groups excluding carboxylic acids is 2. The number of phenols is 1. The Morgan fingerprint density at radius 2 is 1.64 bits per heavy atom. The van der Waals surface area contributed by atoms with E-state index >= 15 is 0 Å². The number of hydrogen-bond acceptors (Lipinski definition) is 6. The number of rotatable bonds is 4. The van der Waals surface area contributed by atoms with Crippen molar-refractivity contribution in [2.75, 3.05) is 17.1 Å². The second-order valence-corrected chi connectivity index (χ2v) is 9.01. The van der Waals surface area contributed by atoms with E-state index in [0.717, 1.165) is 4.90 Å². The third-order valence-corrected chi connectivity index (χ3v) is 6.80. The van der Waals surface area contributed by atoms with Crippen LogP contribution in [0.15, 0.2) is 71.2 Å². The fourth-order valence-corrected chi connectivity index (χ4v) is 4.89. The van der Waals surface area contributed by atoms with E-state index in [0.29, 0.717) is 32.2 Å². The lowest BCUT2D eigenvalue weighted by molar-refractivity contribution is -0.126. The van der Waals surface area contributed by atoms with Gasteiger partial charge in [-0.15, -0.1) is 0 Å². The number of hydrogen-bond donors (Lipinski definition) is 1. The van der Waals surface area contributed by atoms with Gasteiger partial charge in [-0.2, -0.15) is 0 Å². The Morgan fingerprint density at radius 1 is 0.970 bits per heavy atom. The summed E-state index contributed by atoms with van der Waals surface area (Å²) in [6.07, 6.45) is -1.02. The Bertz CT molecular complexity index is 1230. The van der Waals surface area contributed by atoms with Crippen LogP contribution < -0.4 is 14.7 Å². The van der Waals surface area contributed by atoms with Gasteiger partial charge in [0.25, 0.3) is 5.91 Å². The largest absolute Gasteiger partial charge is 0.508 e. The molecule has 0 spiro atoms. The summed E-state index contributed by atoms with van der Waals surface area (Å²) in [5.74, 6) is -1.01. The number of methoxy groups -OCH3 is 1. The summed E-state index contributed by atoms with van der Waals surface area (Å²) in [5, 5.41) is 12.3. The van der Waals surface area contributed by atoms with Gasteiger partial charge in [0, 0.05) is 9.50 Å². The lowest BCUT2D eigenvalue weighted by Gasteiger charge is -2.29. The normalized spacial score (nSPS) is 22.1. The second-order valence-electron chi connectivity index (χ2n) is 7.71. The zero-order valence-electron chi connectivity index (χ0n) is 17.3. The van der Waals surface area contributed by atoms with Crippen molar-refractivity contribution in [2.45, 2.75) is 12.1 Å². The van der Waals surface area contributed by atoms with Crippen LogP contribution >= 0.6 is 27.5 Å². The Labute approximate surface area is 203 Å². The molecule has 2 heterocycles. The minimum Gasteiger partial charge on any atom is -0.508 e. The maximum absolute atomic E-state index is 13.6. The minimum absolute atomic E-state index is 0.0384. The summed E-state index contributed by atoms with van der Waals surface area (Å²) in [6.45, 7) is 0. The fourth-order valence-electron chi connectivity index (χ4n) is 4.29. The zero-order valence-corrected chi connectivity index (χ0v) is 19.7. The van der Waals surface area contributed by atoms with E-state index in [-0.39, 0.29) is 11.7 Å². The molecule has 3 aromatic carbocycles. The summed E-state index contributed by atoms with van der Waals surface area (Å²) >= 11 is 9.57. The highest BCUT2D eigenvalue weighted by Crippen LogP contribution is 2.49. The van der Waals surface area contributed by atoms with Gasteiger partial charge in [0.1, 0.15) is 17.4 Å². The molecule has 0 bridgehead atoms. The highest BCUT2D eigenvalue weighted by atomic mass is 79.9. The summed E-state index contributed by atoms with van der Waals surface area (Å²) in [4.78, 5) is 34.2. The Morgan fingerprint density at radius 3 is 2.30 bits per heavy atom. The highest BCUT2D eigenvalue weighted by molar-refractivity contribution is 9.10. The number of fused-ring (bicyclic) bond motifs is 1. The van der Waals surface area contributed by atoms with Gasteiger partial charge in [0.15, 0.2) is 6.10 Å². The molecule has 9 heteroatoms. The molecular formula is C24H18BrClN2O5. The van der Waals surface area contributed by atoms with Crippen LogP contribution in [0.25, 0.3) is 0 Å². The molecule has 2 aliphatic rings. The van der Waals surface area contributed by atoms with Crippen LogP contribution in [0.1, 0.15) is 11.6 Å². The third kappa shape index (κ3) is 3.64. The van der Waals surface area contributed by atoms with Gasteiger partial charge in [-0.25, -0.2) is 9.96 Å². The number of hydroxylamine groups is 1. The van der Waals surface area contributed by atoms with Crippen molar-refractivity contribution < 1.29 is 24.3 Å². The zero-order chi connectivity index (χ0) is 23.3. The minimum atomic E-state index is -1.02. The third-order valence-electron chi connectivity index (χ3n) is 5.83. The molecule has 5 rings (SSSR count). The summed E-state index contributed by atoms with van der Waals surface area (Å²) < 4.78 is 5.85. The van der Waals surface area contributed by atoms with E-state index in [4.69, 9.17) is 21.2 Å². The van der Waals surface area contributed by atoms with Gasteiger partial charge in [-0.3, -0.25) is 14.4 Å². The molecule has 0 radical (unpaired) electrons. The van der Waals surface area contributed by atoms with Crippen molar-refractivity contribution in [1.29, 1.82) is 0 Å². The molecule has 1 N–H and O–H groups in total. The van der Waals surface area contributed by atoms with E-state index in [1.54, 1.807) is 78.9 Å². The smallest absolute Gasteiger partial charge is 0.266 e. The van der Waals surface area contributed by atoms with Crippen molar-refractivity contribution in [3.8, 4) is 11.5 Å². The standard InChI is InChI=1S/C24H18BrClN2O5/c1-32-17-9-6-14(7-10-17)27-23(30)20-21(18-12-16(29)8-11-19(18)25)28(33-22(20)24(27)31)15-4-2-13(26)3-5-15/h2-12,20-22,29H,1H3. The number of imide groups is 1. The first-order chi connectivity index (χ1) is 15.9. The molecule has 2 fully saturated rings. The predicted molar refractivity (Wildman–Crippen MR) is 126 cm³/mol. The number of ether oxygens (including phenoxy) is 1. The van der Waals surface area contributed by atoms with Crippen LogP contribution in [0.5, 0.6) is 11.5 Å². The monoisotopic (exact) mass is 528 g/mol. The first-order valence-electron chi connectivity index (χ1n) is 10.1. The summed E-state index contributed by atoms with van der Waals surface area (Å²) in [6, 6.07) is 17.7. The Balaban J connectivity index is 1.59. The topological polar surface area (TPSA) is 79.3 Å². The molecule has 0 aromatic heterocycles. The molecule has 3 unspecified atom stereocenters.